The second-order valence-corrected chi connectivity index (χ2v) is 10.8. The van der Waals surface area contributed by atoms with Gasteiger partial charge in [-0.25, -0.2) is 0 Å². The van der Waals surface area contributed by atoms with Crippen molar-refractivity contribution >= 4 is 38.9 Å². The van der Waals surface area contributed by atoms with Gasteiger partial charge in [0.25, 0.3) is 0 Å². The summed E-state index contributed by atoms with van der Waals surface area (Å²) in [5, 5.41) is 4.10. The second-order valence-electron chi connectivity index (χ2n) is 9.54. The maximum atomic E-state index is 6.52. The first-order chi connectivity index (χ1) is 19.0. The monoisotopic (exact) mass is 595 g/mol. The van der Waals surface area contributed by atoms with E-state index in [1.807, 2.05) is 85.8 Å². The molecule has 7 heteroatoms. The van der Waals surface area contributed by atoms with E-state index in [1.54, 1.807) is 6.20 Å². The Bertz CT molecular complexity index is 1640. The van der Waals surface area contributed by atoms with Gasteiger partial charge >= 0.3 is 0 Å². The number of furan rings is 1. The zero-order valence-electron chi connectivity index (χ0n) is 21.5. The van der Waals surface area contributed by atoms with Crippen LogP contribution in [0.5, 0.6) is 11.5 Å². The first-order valence-electron chi connectivity index (χ1n) is 12.7. The summed E-state index contributed by atoms with van der Waals surface area (Å²) in [6, 6.07) is 31.7. The Labute approximate surface area is 241 Å². The molecule has 0 saturated carbocycles. The molecule has 3 heterocycles. The van der Waals surface area contributed by atoms with E-state index in [1.165, 1.54) is 5.56 Å². The molecule has 0 amide bonds. The van der Waals surface area contributed by atoms with Crippen LogP contribution in [0.3, 0.4) is 0 Å². The highest BCUT2D eigenvalue weighted by Crippen LogP contribution is 2.44. The van der Waals surface area contributed by atoms with Crippen LogP contribution >= 0.6 is 28.1 Å². The molecular weight excluding hydrogens is 570 g/mol. The van der Waals surface area contributed by atoms with E-state index < -0.39 is 0 Å². The van der Waals surface area contributed by atoms with E-state index in [-0.39, 0.29) is 12.1 Å². The fourth-order valence-corrected chi connectivity index (χ4v) is 5.91. The number of aryl methyl sites for hydroxylation is 2. The standard InChI is InChI=1S/C32H26BrN3O2S/c1-20-10-15-24(25(33)19-20)28-16-17-29(38-28)31-30(26-8-5-6-18-34-26)35-32(39)36(31)22-11-13-23(14-12-22)37-27-9-4-3-7-21(27)2/h3-19,30-31H,1-2H3,(H,35,39)/t30-,31-/m0/s1. The molecule has 0 bridgehead atoms. The van der Waals surface area contributed by atoms with Gasteiger partial charge in [-0.1, -0.05) is 46.3 Å². The maximum absolute atomic E-state index is 6.52. The first-order valence-corrected chi connectivity index (χ1v) is 13.9. The van der Waals surface area contributed by atoms with Gasteiger partial charge in [-0.3, -0.25) is 4.98 Å². The van der Waals surface area contributed by atoms with Gasteiger partial charge in [-0.05, 0) is 104 Å². The Hall–Kier alpha value is -3.94. The molecule has 0 aliphatic carbocycles. The third-order valence-corrected chi connectivity index (χ3v) is 7.81. The minimum Gasteiger partial charge on any atom is -0.459 e. The lowest BCUT2D eigenvalue weighted by atomic mass is 10.0. The highest BCUT2D eigenvalue weighted by molar-refractivity contribution is 9.10. The Morgan fingerprint density at radius 1 is 0.923 bits per heavy atom. The van der Waals surface area contributed by atoms with Crippen molar-refractivity contribution in [2.24, 2.45) is 0 Å². The molecule has 1 saturated heterocycles. The summed E-state index contributed by atoms with van der Waals surface area (Å²) in [4.78, 5) is 6.74. The second kappa shape index (κ2) is 10.7. The molecule has 1 N–H and O–H groups in total. The molecule has 2 aromatic heterocycles. The number of nitrogens with zero attached hydrogens (tertiary/aromatic N) is 2. The molecule has 1 aliphatic rings. The van der Waals surface area contributed by atoms with Crippen molar-refractivity contribution in [3.63, 3.8) is 0 Å². The van der Waals surface area contributed by atoms with Crippen LogP contribution in [0.15, 0.2) is 112 Å². The highest BCUT2D eigenvalue weighted by atomic mass is 79.9. The van der Waals surface area contributed by atoms with Crippen LogP contribution in [-0.2, 0) is 0 Å². The van der Waals surface area contributed by atoms with Gasteiger partial charge in [0.2, 0.25) is 0 Å². The number of para-hydroxylation sites is 1. The van der Waals surface area contributed by atoms with Gasteiger partial charge in [0.05, 0.1) is 11.7 Å². The van der Waals surface area contributed by atoms with Crippen LogP contribution in [0.25, 0.3) is 11.3 Å². The Morgan fingerprint density at radius 2 is 1.72 bits per heavy atom. The van der Waals surface area contributed by atoms with Crippen LogP contribution in [0.4, 0.5) is 5.69 Å². The fourth-order valence-electron chi connectivity index (χ4n) is 4.87. The van der Waals surface area contributed by atoms with Crippen molar-refractivity contribution < 1.29 is 9.15 Å². The smallest absolute Gasteiger partial charge is 0.174 e. The predicted molar refractivity (Wildman–Crippen MR) is 162 cm³/mol. The lowest BCUT2D eigenvalue weighted by Crippen LogP contribution is -2.29. The van der Waals surface area contributed by atoms with Crippen LogP contribution < -0.4 is 15.0 Å². The number of ether oxygens (including phenoxy) is 1. The number of aromatic nitrogens is 1. The molecule has 2 atom stereocenters. The molecule has 0 spiro atoms. The molecule has 0 unspecified atom stereocenters. The SMILES string of the molecule is Cc1ccc(-c2ccc([C@H]3[C@H](c4ccccn4)NC(=S)N3c3ccc(Oc4ccccc4C)cc3)o2)c(Br)c1. The zero-order valence-corrected chi connectivity index (χ0v) is 23.9. The van der Waals surface area contributed by atoms with Crippen LogP contribution in [0.2, 0.25) is 0 Å². The van der Waals surface area contributed by atoms with E-state index >= 15 is 0 Å². The average Bonchev–Trinajstić information content (AvgIpc) is 3.55. The van der Waals surface area contributed by atoms with E-state index in [2.05, 4.69) is 56.3 Å². The molecule has 39 heavy (non-hydrogen) atoms. The van der Waals surface area contributed by atoms with Gasteiger partial charge < -0.3 is 19.4 Å². The normalized spacial score (nSPS) is 16.8. The van der Waals surface area contributed by atoms with Crippen LogP contribution in [0, 0.1) is 13.8 Å². The Morgan fingerprint density at radius 3 is 2.46 bits per heavy atom. The number of nitrogens with one attached hydrogen (secondary N) is 1. The molecule has 6 rings (SSSR count). The molecule has 3 aromatic carbocycles. The minimum atomic E-state index is -0.242. The van der Waals surface area contributed by atoms with Crippen molar-refractivity contribution in [2.75, 3.05) is 4.90 Å². The first kappa shape index (κ1) is 25.3. The van der Waals surface area contributed by atoms with E-state index in [0.717, 1.165) is 50.0 Å². The van der Waals surface area contributed by atoms with E-state index in [9.17, 15) is 0 Å². The van der Waals surface area contributed by atoms with Crippen molar-refractivity contribution in [3.8, 4) is 22.8 Å². The van der Waals surface area contributed by atoms with E-state index in [4.69, 9.17) is 21.4 Å². The average molecular weight is 597 g/mol. The van der Waals surface area contributed by atoms with Gasteiger partial charge in [0.15, 0.2) is 5.11 Å². The number of pyridine rings is 1. The molecule has 1 fully saturated rings. The predicted octanol–water partition coefficient (Wildman–Crippen LogP) is 8.69. The summed E-state index contributed by atoms with van der Waals surface area (Å²) in [5.74, 6) is 3.17. The summed E-state index contributed by atoms with van der Waals surface area (Å²) in [6.07, 6.45) is 1.80. The Balaban J connectivity index is 1.36. The molecule has 194 valence electrons. The molecule has 0 radical (unpaired) electrons. The fraction of sp³-hybridized carbons (Fsp3) is 0.125. The van der Waals surface area contributed by atoms with Crippen molar-refractivity contribution in [2.45, 2.75) is 25.9 Å². The molecular formula is C32H26BrN3O2S. The minimum absolute atomic E-state index is 0.193. The van der Waals surface area contributed by atoms with Gasteiger partial charge in [-0.15, -0.1) is 0 Å². The van der Waals surface area contributed by atoms with Crippen molar-refractivity contribution in [1.29, 1.82) is 0 Å². The largest absolute Gasteiger partial charge is 0.459 e. The number of hydrogen-bond acceptors (Lipinski definition) is 4. The van der Waals surface area contributed by atoms with Gasteiger partial charge in [-0.2, -0.15) is 0 Å². The van der Waals surface area contributed by atoms with Crippen LogP contribution in [0.1, 0.15) is 34.7 Å². The lowest BCUT2D eigenvalue weighted by molar-refractivity contribution is 0.439. The third-order valence-electron chi connectivity index (χ3n) is 6.84. The van der Waals surface area contributed by atoms with E-state index in [0.29, 0.717) is 5.11 Å². The number of benzene rings is 3. The summed E-state index contributed by atoms with van der Waals surface area (Å²) >= 11 is 9.57. The quantitative estimate of drug-likeness (QED) is 0.198. The van der Waals surface area contributed by atoms with Crippen molar-refractivity contribution in [1.82, 2.24) is 10.3 Å². The Kier molecular flexibility index (Phi) is 6.94. The molecule has 1 aliphatic heterocycles. The third kappa shape index (κ3) is 5.07. The summed E-state index contributed by atoms with van der Waals surface area (Å²) in [5.41, 5.74) is 5.08. The maximum Gasteiger partial charge on any atom is 0.174 e. The highest BCUT2D eigenvalue weighted by Gasteiger charge is 2.42. The summed E-state index contributed by atoms with van der Waals surface area (Å²) in [6.45, 7) is 4.10. The van der Waals surface area contributed by atoms with Crippen LogP contribution in [-0.4, -0.2) is 10.1 Å². The number of halogens is 1. The van der Waals surface area contributed by atoms with Crippen molar-refractivity contribution in [3.05, 3.63) is 130 Å². The lowest BCUT2D eigenvalue weighted by Gasteiger charge is -2.26. The van der Waals surface area contributed by atoms with Gasteiger partial charge in [0, 0.05) is 21.9 Å². The summed E-state index contributed by atoms with van der Waals surface area (Å²) in [7, 11) is 0. The number of anilines is 1. The van der Waals surface area contributed by atoms with Gasteiger partial charge in [0.1, 0.15) is 29.1 Å². The number of thiocarbonyl (C=S) groups is 1. The topological polar surface area (TPSA) is 50.5 Å². The number of hydrogen-bond donors (Lipinski definition) is 1. The molecule has 5 aromatic rings. The number of rotatable bonds is 6. The molecule has 5 nitrogen and oxygen atoms in total. The zero-order chi connectivity index (χ0) is 26.9. The summed E-state index contributed by atoms with van der Waals surface area (Å²) < 4.78 is 13.6.